The number of para-hydroxylation sites is 1. The lowest BCUT2D eigenvalue weighted by Gasteiger charge is -2.27. The summed E-state index contributed by atoms with van der Waals surface area (Å²) in [6, 6.07) is 10.3. The topological polar surface area (TPSA) is 77.2 Å². The zero-order valence-electron chi connectivity index (χ0n) is 14.4. The number of aromatic nitrogens is 1. The molecule has 3 N–H and O–H groups in total. The molecule has 4 rings (SSSR count). The Morgan fingerprint density at radius 1 is 1.24 bits per heavy atom. The van der Waals surface area contributed by atoms with Crippen molar-refractivity contribution in [1.82, 2.24) is 10.3 Å². The zero-order chi connectivity index (χ0) is 17.3. The number of nitrogens with two attached hydrogens (primary N) is 1. The molecule has 1 aliphatic carbocycles. The number of ether oxygens (including phenoxy) is 1. The second-order valence-electron chi connectivity index (χ2n) is 7.43. The molecule has 1 aromatic heterocycles. The van der Waals surface area contributed by atoms with E-state index in [-0.39, 0.29) is 17.9 Å². The molecule has 25 heavy (non-hydrogen) atoms. The Hall–Kier alpha value is -1.98. The predicted molar refractivity (Wildman–Crippen MR) is 97.1 cm³/mol. The van der Waals surface area contributed by atoms with Crippen LogP contribution in [-0.2, 0) is 16.0 Å². The Kier molecular flexibility index (Phi) is 4.44. The van der Waals surface area contributed by atoms with Crippen molar-refractivity contribution in [2.75, 3.05) is 13.2 Å². The molecule has 1 amide bonds. The fourth-order valence-corrected chi connectivity index (χ4v) is 4.12. The average Bonchev–Trinajstić information content (AvgIpc) is 3.25. The predicted octanol–water partition coefficient (Wildman–Crippen LogP) is 2.18. The van der Waals surface area contributed by atoms with E-state index in [9.17, 15) is 4.79 Å². The second kappa shape index (κ2) is 6.73. The Labute approximate surface area is 148 Å². The number of pyridine rings is 1. The molecule has 2 aromatic rings. The number of nitrogens with one attached hydrogen (secondary N) is 1. The van der Waals surface area contributed by atoms with Gasteiger partial charge in [-0.2, -0.15) is 0 Å². The summed E-state index contributed by atoms with van der Waals surface area (Å²) in [5.74, 6) is 0.254. The normalized spacial score (nSPS) is 25.3. The van der Waals surface area contributed by atoms with E-state index in [1.54, 1.807) is 0 Å². The lowest BCUT2D eigenvalue weighted by atomic mass is 9.91. The first-order chi connectivity index (χ1) is 12.2. The van der Waals surface area contributed by atoms with Crippen LogP contribution in [-0.4, -0.2) is 35.7 Å². The monoisotopic (exact) mass is 339 g/mol. The first kappa shape index (κ1) is 16.5. The molecule has 1 saturated carbocycles. The molecular weight excluding hydrogens is 314 g/mol. The number of hydrogen-bond donors (Lipinski definition) is 2. The molecule has 132 valence electrons. The summed E-state index contributed by atoms with van der Waals surface area (Å²) in [7, 11) is 0. The Morgan fingerprint density at radius 2 is 2.04 bits per heavy atom. The average molecular weight is 339 g/mol. The standard InChI is InChI=1S/C20H25N3O2/c21-20(8-3-4-9-20)19(24)23-18-13-25-12-15(18)11-14-7-10-22-17-6-2-1-5-16(14)17/h1-2,5-7,10,15,18H,3-4,8-9,11-13,21H2,(H,23,24)/t15-,18-/m1/s1. The van der Waals surface area contributed by atoms with Crippen molar-refractivity contribution in [3.63, 3.8) is 0 Å². The molecule has 2 aliphatic rings. The highest BCUT2D eigenvalue weighted by Crippen LogP contribution is 2.29. The van der Waals surface area contributed by atoms with Crippen LogP contribution in [0.5, 0.6) is 0 Å². The summed E-state index contributed by atoms with van der Waals surface area (Å²) < 4.78 is 5.68. The third kappa shape index (κ3) is 3.26. The third-order valence-electron chi connectivity index (χ3n) is 5.68. The number of fused-ring (bicyclic) bond motifs is 1. The van der Waals surface area contributed by atoms with Crippen molar-refractivity contribution in [3.8, 4) is 0 Å². The highest BCUT2D eigenvalue weighted by Gasteiger charge is 2.40. The molecule has 2 atom stereocenters. The largest absolute Gasteiger partial charge is 0.379 e. The van der Waals surface area contributed by atoms with Crippen molar-refractivity contribution in [2.24, 2.45) is 11.7 Å². The molecule has 2 fully saturated rings. The van der Waals surface area contributed by atoms with Gasteiger partial charge in [0.05, 0.1) is 30.3 Å². The molecule has 0 spiro atoms. The van der Waals surface area contributed by atoms with Crippen LogP contribution in [0.15, 0.2) is 36.5 Å². The maximum absolute atomic E-state index is 12.6. The highest BCUT2D eigenvalue weighted by molar-refractivity contribution is 5.86. The van der Waals surface area contributed by atoms with E-state index in [1.807, 2.05) is 24.4 Å². The molecule has 2 heterocycles. The number of hydrogen-bond acceptors (Lipinski definition) is 4. The zero-order valence-corrected chi connectivity index (χ0v) is 14.4. The van der Waals surface area contributed by atoms with Gasteiger partial charge in [0.25, 0.3) is 0 Å². The van der Waals surface area contributed by atoms with E-state index >= 15 is 0 Å². The smallest absolute Gasteiger partial charge is 0.240 e. The summed E-state index contributed by atoms with van der Waals surface area (Å²) in [5.41, 5.74) is 7.87. The molecule has 1 saturated heterocycles. The summed E-state index contributed by atoms with van der Waals surface area (Å²) in [6.07, 6.45) is 6.37. The van der Waals surface area contributed by atoms with Crippen molar-refractivity contribution in [1.29, 1.82) is 0 Å². The van der Waals surface area contributed by atoms with Gasteiger partial charge in [-0.1, -0.05) is 31.0 Å². The van der Waals surface area contributed by atoms with Gasteiger partial charge in [0.15, 0.2) is 0 Å². The number of carbonyl (C=O) groups excluding carboxylic acids is 1. The van der Waals surface area contributed by atoms with Gasteiger partial charge in [-0.05, 0) is 37.0 Å². The third-order valence-corrected chi connectivity index (χ3v) is 5.68. The number of rotatable bonds is 4. The van der Waals surface area contributed by atoms with E-state index in [2.05, 4.69) is 22.4 Å². The summed E-state index contributed by atoms with van der Waals surface area (Å²) in [4.78, 5) is 17.1. The molecular formula is C20H25N3O2. The lowest BCUT2D eigenvalue weighted by molar-refractivity contribution is -0.127. The molecule has 0 radical (unpaired) electrons. The van der Waals surface area contributed by atoms with Gasteiger partial charge in [0.2, 0.25) is 5.91 Å². The van der Waals surface area contributed by atoms with Crippen LogP contribution < -0.4 is 11.1 Å². The van der Waals surface area contributed by atoms with Gasteiger partial charge in [0, 0.05) is 17.5 Å². The molecule has 5 heteroatoms. The summed E-state index contributed by atoms with van der Waals surface area (Å²) in [6.45, 7) is 1.23. The molecule has 0 bridgehead atoms. The van der Waals surface area contributed by atoms with Crippen molar-refractivity contribution < 1.29 is 9.53 Å². The molecule has 1 aliphatic heterocycles. The van der Waals surface area contributed by atoms with Crippen LogP contribution in [0.4, 0.5) is 0 Å². The second-order valence-corrected chi connectivity index (χ2v) is 7.43. The van der Waals surface area contributed by atoms with E-state index in [0.717, 1.165) is 37.6 Å². The molecule has 1 aromatic carbocycles. The summed E-state index contributed by atoms with van der Waals surface area (Å²) >= 11 is 0. The Balaban J connectivity index is 1.49. The number of carbonyl (C=O) groups is 1. The minimum Gasteiger partial charge on any atom is -0.379 e. The Morgan fingerprint density at radius 3 is 2.88 bits per heavy atom. The van der Waals surface area contributed by atoms with Gasteiger partial charge >= 0.3 is 0 Å². The van der Waals surface area contributed by atoms with Crippen LogP contribution in [0, 0.1) is 5.92 Å². The summed E-state index contributed by atoms with van der Waals surface area (Å²) in [5, 5.41) is 4.35. The van der Waals surface area contributed by atoms with Gasteiger partial charge in [0.1, 0.15) is 0 Å². The van der Waals surface area contributed by atoms with Gasteiger partial charge in [-0.15, -0.1) is 0 Å². The lowest BCUT2D eigenvalue weighted by Crippen LogP contribution is -2.55. The van der Waals surface area contributed by atoms with Gasteiger partial charge in [-0.3, -0.25) is 9.78 Å². The van der Waals surface area contributed by atoms with Gasteiger partial charge < -0.3 is 15.8 Å². The van der Waals surface area contributed by atoms with Gasteiger partial charge in [-0.25, -0.2) is 0 Å². The van der Waals surface area contributed by atoms with Crippen LogP contribution in [0.2, 0.25) is 0 Å². The highest BCUT2D eigenvalue weighted by atomic mass is 16.5. The molecule has 5 nitrogen and oxygen atoms in total. The maximum Gasteiger partial charge on any atom is 0.240 e. The molecule has 0 unspecified atom stereocenters. The first-order valence-corrected chi connectivity index (χ1v) is 9.16. The first-order valence-electron chi connectivity index (χ1n) is 9.16. The minimum atomic E-state index is -0.684. The van der Waals surface area contributed by atoms with Crippen molar-refractivity contribution >= 4 is 16.8 Å². The van der Waals surface area contributed by atoms with E-state index in [1.165, 1.54) is 10.9 Å². The SMILES string of the molecule is NC1(C(=O)N[C@@H]2COC[C@H]2Cc2ccnc3ccccc23)CCCC1. The van der Waals surface area contributed by atoms with E-state index < -0.39 is 5.54 Å². The number of benzene rings is 1. The van der Waals surface area contributed by atoms with Crippen LogP contribution in [0.25, 0.3) is 10.9 Å². The van der Waals surface area contributed by atoms with E-state index in [0.29, 0.717) is 13.2 Å². The van der Waals surface area contributed by atoms with Crippen molar-refractivity contribution in [3.05, 3.63) is 42.1 Å². The maximum atomic E-state index is 12.6. The number of amides is 1. The number of nitrogens with zero attached hydrogens (tertiary/aromatic N) is 1. The van der Waals surface area contributed by atoms with Crippen LogP contribution >= 0.6 is 0 Å². The van der Waals surface area contributed by atoms with Crippen LogP contribution in [0.3, 0.4) is 0 Å². The van der Waals surface area contributed by atoms with Crippen LogP contribution in [0.1, 0.15) is 31.2 Å². The Bertz CT molecular complexity index is 765. The van der Waals surface area contributed by atoms with E-state index in [4.69, 9.17) is 10.5 Å². The quantitative estimate of drug-likeness (QED) is 0.895. The minimum absolute atomic E-state index is 0.00918. The fourth-order valence-electron chi connectivity index (χ4n) is 4.12. The fraction of sp³-hybridized carbons (Fsp3) is 0.500. The van der Waals surface area contributed by atoms with Crippen molar-refractivity contribution in [2.45, 2.75) is 43.7 Å².